The number of imidazole rings is 1. The van der Waals surface area contributed by atoms with Crippen LogP contribution in [-0.4, -0.2) is 32.7 Å². The molecule has 2 amide bonds. The first-order valence-electron chi connectivity index (χ1n) is 11.1. The fraction of sp³-hybridized carbons (Fsp3) is 0.417. The van der Waals surface area contributed by atoms with Gasteiger partial charge in [0.25, 0.3) is 0 Å². The molecule has 0 saturated heterocycles. The number of carbonyl (C=O) groups is 1. The van der Waals surface area contributed by atoms with Crippen LogP contribution in [0.1, 0.15) is 55.6 Å². The number of benzene rings is 2. The van der Waals surface area contributed by atoms with Crippen LogP contribution in [0.5, 0.6) is 0 Å². The molecule has 34 heavy (non-hydrogen) atoms. The molecule has 4 rings (SSSR count). The Kier molecular flexibility index (Phi) is 6.53. The van der Waals surface area contributed by atoms with Crippen molar-refractivity contribution < 1.29 is 27.5 Å². The van der Waals surface area contributed by atoms with Crippen LogP contribution in [0.4, 0.5) is 22.4 Å². The highest BCUT2D eigenvalue weighted by molar-refractivity contribution is 5.76. The minimum Gasteiger partial charge on any atom is -0.390 e. The molecule has 1 heterocycles. The van der Waals surface area contributed by atoms with E-state index in [1.165, 1.54) is 6.07 Å². The van der Waals surface area contributed by atoms with E-state index in [2.05, 4.69) is 20.6 Å². The SMILES string of the molecule is CC1(O)CCC(NC(=O)NC(Cc2ccc(C(F)(F)F)c(F)c2)c2nc3ccccc3[nH]2)CC1. The molecule has 6 nitrogen and oxygen atoms in total. The molecule has 3 aromatic rings. The van der Waals surface area contributed by atoms with E-state index >= 15 is 0 Å². The van der Waals surface area contributed by atoms with Crippen LogP contribution in [-0.2, 0) is 12.6 Å². The highest BCUT2D eigenvalue weighted by Gasteiger charge is 2.34. The van der Waals surface area contributed by atoms with Gasteiger partial charge in [0.1, 0.15) is 11.6 Å². The number of halogens is 4. The molecule has 1 atom stereocenters. The van der Waals surface area contributed by atoms with Crippen LogP contribution in [0.15, 0.2) is 42.5 Å². The molecule has 1 aromatic heterocycles. The molecule has 10 heteroatoms. The average Bonchev–Trinajstić information content (AvgIpc) is 3.18. The van der Waals surface area contributed by atoms with Crippen molar-refractivity contribution in [2.45, 2.75) is 62.9 Å². The number of hydrogen-bond acceptors (Lipinski definition) is 3. The number of hydrogen-bond donors (Lipinski definition) is 4. The topological polar surface area (TPSA) is 90.0 Å². The number of amides is 2. The van der Waals surface area contributed by atoms with Gasteiger partial charge in [-0.2, -0.15) is 13.2 Å². The summed E-state index contributed by atoms with van der Waals surface area (Å²) in [5.41, 5.74) is -0.394. The second kappa shape index (κ2) is 9.25. The lowest BCUT2D eigenvalue weighted by Crippen LogP contribution is -2.47. The average molecular weight is 478 g/mol. The van der Waals surface area contributed by atoms with Crippen LogP contribution in [0.3, 0.4) is 0 Å². The third-order valence-corrected chi connectivity index (χ3v) is 6.22. The van der Waals surface area contributed by atoms with E-state index in [1.807, 2.05) is 18.2 Å². The Morgan fingerprint density at radius 2 is 1.94 bits per heavy atom. The maximum Gasteiger partial charge on any atom is 0.419 e. The Labute approximate surface area is 193 Å². The van der Waals surface area contributed by atoms with Gasteiger partial charge in [-0.25, -0.2) is 14.2 Å². The summed E-state index contributed by atoms with van der Waals surface area (Å²) in [5, 5.41) is 15.8. The standard InChI is InChI=1S/C24H26F4N4O2/c1-23(34)10-8-15(9-11-23)29-22(33)32-20(21-30-18-4-2-3-5-19(18)31-21)13-14-6-7-16(17(25)12-14)24(26,27)28/h2-7,12,15,20,34H,8-11,13H2,1H3,(H,30,31)(H2,29,32,33). The molecule has 0 aliphatic heterocycles. The monoisotopic (exact) mass is 478 g/mol. The van der Waals surface area contributed by atoms with E-state index < -0.39 is 35.2 Å². The highest BCUT2D eigenvalue weighted by Crippen LogP contribution is 2.32. The number of aliphatic hydroxyl groups is 1. The predicted molar refractivity (Wildman–Crippen MR) is 118 cm³/mol. The van der Waals surface area contributed by atoms with Crippen molar-refractivity contribution in [3.63, 3.8) is 0 Å². The van der Waals surface area contributed by atoms with Crippen LogP contribution in [0.2, 0.25) is 0 Å². The number of aromatic amines is 1. The first-order valence-corrected chi connectivity index (χ1v) is 11.1. The summed E-state index contributed by atoms with van der Waals surface area (Å²) in [6.45, 7) is 1.77. The maximum atomic E-state index is 14.1. The molecule has 1 fully saturated rings. The molecular formula is C24H26F4N4O2. The number of carbonyl (C=O) groups excluding carboxylic acids is 1. The van der Waals surface area contributed by atoms with Crippen LogP contribution in [0.25, 0.3) is 11.0 Å². The molecule has 1 aliphatic rings. The van der Waals surface area contributed by atoms with Gasteiger partial charge in [-0.05, 0) is 62.4 Å². The predicted octanol–water partition coefficient (Wildman–Crippen LogP) is 5.00. The molecule has 182 valence electrons. The number of aromatic nitrogens is 2. The zero-order chi connectivity index (χ0) is 24.5. The molecule has 0 bridgehead atoms. The first-order chi connectivity index (χ1) is 16.0. The Morgan fingerprint density at radius 1 is 1.24 bits per heavy atom. The molecule has 1 unspecified atom stereocenters. The molecule has 1 aliphatic carbocycles. The Hall–Kier alpha value is -3.14. The molecule has 2 aromatic carbocycles. The second-order valence-electron chi connectivity index (χ2n) is 9.10. The van der Waals surface area contributed by atoms with Gasteiger partial charge in [0.2, 0.25) is 0 Å². The minimum absolute atomic E-state index is 0.0294. The summed E-state index contributed by atoms with van der Waals surface area (Å²) in [7, 11) is 0. The summed E-state index contributed by atoms with van der Waals surface area (Å²) < 4.78 is 52.9. The van der Waals surface area contributed by atoms with Gasteiger partial charge in [0.15, 0.2) is 0 Å². The van der Waals surface area contributed by atoms with E-state index in [-0.39, 0.29) is 18.0 Å². The molecule has 0 spiro atoms. The van der Waals surface area contributed by atoms with Crippen molar-refractivity contribution in [2.75, 3.05) is 0 Å². The van der Waals surface area contributed by atoms with E-state index in [9.17, 15) is 27.5 Å². The van der Waals surface area contributed by atoms with Crippen molar-refractivity contribution in [1.82, 2.24) is 20.6 Å². The van der Waals surface area contributed by atoms with Crippen molar-refractivity contribution >= 4 is 17.1 Å². The van der Waals surface area contributed by atoms with Gasteiger partial charge < -0.3 is 20.7 Å². The first kappa shape index (κ1) is 24.0. The Bertz CT molecular complexity index is 1130. The smallest absolute Gasteiger partial charge is 0.390 e. The molecular weight excluding hydrogens is 452 g/mol. The summed E-state index contributed by atoms with van der Waals surface area (Å²) >= 11 is 0. The quantitative estimate of drug-likeness (QED) is 0.389. The third-order valence-electron chi connectivity index (χ3n) is 6.22. The minimum atomic E-state index is -4.79. The van der Waals surface area contributed by atoms with Crippen molar-refractivity contribution in [1.29, 1.82) is 0 Å². The number of rotatable bonds is 5. The number of nitrogens with one attached hydrogen (secondary N) is 3. The number of H-pyrrole nitrogens is 1. The van der Waals surface area contributed by atoms with E-state index in [4.69, 9.17) is 0 Å². The summed E-state index contributed by atoms with van der Waals surface area (Å²) in [4.78, 5) is 20.4. The number of nitrogens with zero attached hydrogens (tertiary/aromatic N) is 1. The van der Waals surface area contributed by atoms with E-state index in [0.29, 0.717) is 43.1 Å². The zero-order valence-corrected chi connectivity index (χ0v) is 18.5. The molecule has 0 radical (unpaired) electrons. The third kappa shape index (κ3) is 5.67. The van der Waals surface area contributed by atoms with Crippen LogP contribution >= 0.6 is 0 Å². The number of alkyl halides is 3. The lowest BCUT2D eigenvalue weighted by Gasteiger charge is -2.33. The van der Waals surface area contributed by atoms with Gasteiger partial charge in [-0.3, -0.25) is 0 Å². The van der Waals surface area contributed by atoms with Gasteiger partial charge in [0, 0.05) is 12.5 Å². The Balaban J connectivity index is 1.54. The fourth-order valence-corrected chi connectivity index (χ4v) is 4.27. The summed E-state index contributed by atoms with van der Waals surface area (Å²) in [5.74, 6) is -0.963. The number of urea groups is 1. The summed E-state index contributed by atoms with van der Waals surface area (Å²) in [6.07, 6.45) is -2.38. The van der Waals surface area contributed by atoms with E-state index in [1.54, 1.807) is 13.0 Å². The lowest BCUT2D eigenvalue weighted by molar-refractivity contribution is -0.140. The van der Waals surface area contributed by atoms with Crippen LogP contribution < -0.4 is 10.6 Å². The number of fused-ring (bicyclic) bond motifs is 1. The van der Waals surface area contributed by atoms with E-state index in [0.717, 1.165) is 11.6 Å². The van der Waals surface area contributed by atoms with Crippen molar-refractivity contribution in [3.8, 4) is 0 Å². The van der Waals surface area contributed by atoms with Gasteiger partial charge in [-0.1, -0.05) is 18.2 Å². The largest absolute Gasteiger partial charge is 0.419 e. The van der Waals surface area contributed by atoms with Crippen molar-refractivity contribution in [3.05, 3.63) is 65.2 Å². The highest BCUT2D eigenvalue weighted by atomic mass is 19.4. The maximum absolute atomic E-state index is 14.1. The molecule has 4 N–H and O–H groups in total. The van der Waals surface area contributed by atoms with Gasteiger partial charge in [0.05, 0.1) is 28.2 Å². The second-order valence-corrected chi connectivity index (χ2v) is 9.10. The summed E-state index contributed by atoms with van der Waals surface area (Å²) in [6, 6.07) is 8.65. The van der Waals surface area contributed by atoms with Crippen molar-refractivity contribution in [2.24, 2.45) is 0 Å². The number of para-hydroxylation sites is 2. The lowest BCUT2D eigenvalue weighted by atomic mass is 9.84. The normalized spacial score (nSPS) is 21.9. The van der Waals surface area contributed by atoms with Gasteiger partial charge in [-0.15, -0.1) is 0 Å². The van der Waals surface area contributed by atoms with Gasteiger partial charge >= 0.3 is 12.2 Å². The zero-order valence-electron chi connectivity index (χ0n) is 18.5. The Morgan fingerprint density at radius 3 is 2.59 bits per heavy atom. The fourth-order valence-electron chi connectivity index (χ4n) is 4.27. The molecule has 1 saturated carbocycles. The van der Waals surface area contributed by atoms with Crippen LogP contribution in [0, 0.1) is 5.82 Å².